The van der Waals surface area contributed by atoms with Crippen molar-refractivity contribution in [2.45, 2.75) is 6.92 Å². The lowest BCUT2D eigenvalue weighted by molar-refractivity contribution is -0.133. The zero-order chi connectivity index (χ0) is 14.5. The molecule has 2 rings (SSSR count). The molecular weight excluding hydrogens is 316 g/mol. The molecule has 2 aromatic carbocycles. The Morgan fingerprint density at radius 2 is 1.75 bits per heavy atom. The van der Waals surface area contributed by atoms with Gasteiger partial charge in [-0.3, -0.25) is 0 Å². The van der Waals surface area contributed by atoms with E-state index in [-0.39, 0.29) is 5.97 Å². The van der Waals surface area contributed by atoms with Crippen molar-refractivity contribution in [3.8, 4) is 0 Å². The lowest BCUT2D eigenvalue weighted by Crippen LogP contribution is -2.05. The van der Waals surface area contributed by atoms with E-state index in [9.17, 15) is 4.79 Å². The molecule has 0 heterocycles. The number of halogens is 1. The molecule has 2 aromatic rings. The van der Waals surface area contributed by atoms with Crippen molar-refractivity contribution in [2.24, 2.45) is 0 Å². The van der Waals surface area contributed by atoms with Crippen molar-refractivity contribution in [1.82, 2.24) is 0 Å². The maximum absolute atomic E-state index is 12.1. The number of methoxy groups -OCH3 is 1. The third-order valence-corrected chi connectivity index (χ3v) is 3.77. The van der Waals surface area contributed by atoms with Gasteiger partial charge in [0, 0.05) is 4.47 Å². The normalized spacial score (nSPS) is 11.2. The summed E-state index contributed by atoms with van der Waals surface area (Å²) in [6.45, 7) is 1.98. The number of aryl methyl sites for hydroxylation is 1. The van der Waals surface area contributed by atoms with Gasteiger partial charge in [-0.05, 0) is 35.8 Å². The first-order valence-electron chi connectivity index (χ1n) is 6.24. The van der Waals surface area contributed by atoms with Gasteiger partial charge in [0.1, 0.15) is 0 Å². The van der Waals surface area contributed by atoms with Gasteiger partial charge in [0.15, 0.2) is 0 Å². The van der Waals surface area contributed by atoms with Crippen LogP contribution in [-0.2, 0) is 9.53 Å². The number of carbonyl (C=O) groups is 1. The minimum atomic E-state index is -0.338. The minimum Gasteiger partial charge on any atom is -0.465 e. The van der Waals surface area contributed by atoms with Crippen LogP contribution in [0.4, 0.5) is 0 Å². The second-order valence-electron chi connectivity index (χ2n) is 4.39. The third kappa shape index (κ3) is 3.17. The summed E-state index contributed by atoms with van der Waals surface area (Å²) in [7, 11) is 1.40. The zero-order valence-electron chi connectivity index (χ0n) is 11.4. The monoisotopic (exact) mass is 330 g/mol. The second kappa shape index (κ2) is 6.53. The third-order valence-electron chi connectivity index (χ3n) is 3.05. The summed E-state index contributed by atoms with van der Waals surface area (Å²) in [5.74, 6) is -0.338. The molecule has 0 aliphatic heterocycles. The van der Waals surface area contributed by atoms with Crippen molar-refractivity contribution < 1.29 is 9.53 Å². The van der Waals surface area contributed by atoms with Gasteiger partial charge in [-0.1, -0.05) is 58.4 Å². The molecule has 0 fully saturated rings. The van der Waals surface area contributed by atoms with Crippen LogP contribution in [0.25, 0.3) is 11.6 Å². The molecule has 0 N–H and O–H groups in total. The Bertz CT molecular complexity index is 660. The van der Waals surface area contributed by atoms with Gasteiger partial charge >= 0.3 is 5.97 Å². The molecular formula is C17H15BrO2. The fourth-order valence-corrected chi connectivity index (χ4v) is 2.38. The highest BCUT2D eigenvalue weighted by molar-refractivity contribution is 9.10. The van der Waals surface area contributed by atoms with E-state index in [0.29, 0.717) is 5.57 Å². The van der Waals surface area contributed by atoms with Crippen LogP contribution in [0.3, 0.4) is 0 Å². The number of benzene rings is 2. The molecule has 0 saturated heterocycles. The van der Waals surface area contributed by atoms with Gasteiger partial charge in [-0.25, -0.2) is 4.79 Å². The van der Waals surface area contributed by atoms with E-state index in [0.717, 1.165) is 21.2 Å². The predicted molar refractivity (Wildman–Crippen MR) is 85.2 cm³/mol. The van der Waals surface area contributed by atoms with Crippen LogP contribution in [0.1, 0.15) is 16.7 Å². The molecule has 2 nitrogen and oxygen atoms in total. The average Bonchev–Trinajstić information content (AvgIpc) is 2.47. The molecule has 102 valence electrons. The lowest BCUT2D eigenvalue weighted by atomic mass is 9.98. The molecule has 0 atom stereocenters. The second-order valence-corrected chi connectivity index (χ2v) is 5.24. The summed E-state index contributed by atoms with van der Waals surface area (Å²) in [5, 5.41) is 0. The molecule has 0 aromatic heterocycles. The van der Waals surface area contributed by atoms with Crippen LogP contribution in [0.5, 0.6) is 0 Å². The van der Waals surface area contributed by atoms with Crippen molar-refractivity contribution in [3.63, 3.8) is 0 Å². The van der Waals surface area contributed by atoms with Gasteiger partial charge in [-0.15, -0.1) is 0 Å². The Labute approximate surface area is 127 Å². The first-order chi connectivity index (χ1) is 9.63. The first kappa shape index (κ1) is 14.5. The number of esters is 1. The van der Waals surface area contributed by atoms with Crippen LogP contribution in [0, 0.1) is 6.92 Å². The van der Waals surface area contributed by atoms with Gasteiger partial charge in [0.2, 0.25) is 0 Å². The number of ether oxygens (including phenoxy) is 1. The lowest BCUT2D eigenvalue weighted by Gasteiger charge is -2.09. The Kier molecular flexibility index (Phi) is 4.74. The highest BCUT2D eigenvalue weighted by Gasteiger charge is 2.14. The smallest absolute Gasteiger partial charge is 0.338 e. The highest BCUT2D eigenvalue weighted by atomic mass is 79.9. The Morgan fingerprint density at radius 3 is 2.40 bits per heavy atom. The Balaban J connectivity index is 2.58. The SMILES string of the molecule is COC(=O)/C(=C/c1ccccc1Br)c1ccccc1C. The molecule has 0 saturated carbocycles. The predicted octanol–water partition coefficient (Wildman–Crippen LogP) is 4.47. The van der Waals surface area contributed by atoms with E-state index < -0.39 is 0 Å². The molecule has 0 radical (unpaired) electrons. The summed E-state index contributed by atoms with van der Waals surface area (Å²) >= 11 is 3.49. The summed E-state index contributed by atoms with van der Waals surface area (Å²) in [6.07, 6.45) is 1.85. The van der Waals surface area contributed by atoms with E-state index in [2.05, 4.69) is 15.9 Å². The maximum Gasteiger partial charge on any atom is 0.338 e. The quantitative estimate of drug-likeness (QED) is 0.471. The van der Waals surface area contributed by atoms with Crippen LogP contribution in [-0.4, -0.2) is 13.1 Å². The Hall–Kier alpha value is -1.87. The van der Waals surface area contributed by atoms with E-state index >= 15 is 0 Å². The molecule has 0 aliphatic carbocycles. The van der Waals surface area contributed by atoms with Crippen LogP contribution < -0.4 is 0 Å². The molecule has 0 unspecified atom stereocenters. The standard InChI is InChI=1S/C17H15BrO2/c1-12-7-3-5-9-14(12)15(17(19)20-2)11-13-8-4-6-10-16(13)18/h3-11H,1-2H3/b15-11+. The zero-order valence-corrected chi connectivity index (χ0v) is 13.0. The fourth-order valence-electron chi connectivity index (χ4n) is 1.98. The highest BCUT2D eigenvalue weighted by Crippen LogP contribution is 2.26. The van der Waals surface area contributed by atoms with Crippen molar-refractivity contribution in [3.05, 3.63) is 69.7 Å². The number of rotatable bonds is 3. The van der Waals surface area contributed by atoms with Crippen molar-refractivity contribution in [1.29, 1.82) is 0 Å². The average molecular weight is 331 g/mol. The topological polar surface area (TPSA) is 26.3 Å². The fraction of sp³-hybridized carbons (Fsp3) is 0.118. The molecule has 0 aliphatic rings. The van der Waals surface area contributed by atoms with E-state index in [1.54, 1.807) is 0 Å². The number of carbonyl (C=O) groups excluding carboxylic acids is 1. The van der Waals surface area contributed by atoms with E-state index in [1.807, 2.05) is 61.5 Å². The molecule has 20 heavy (non-hydrogen) atoms. The van der Waals surface area contributed by atoms with E-state index in [1.165, 1.54) is 7.11 Å². The summed E-state index contributed by atoms with van der Waals surface area (Å²) in [5.41, 5.74) is 3.42. The van der Waals surface area contributed by atoms with Crippen molar-refractivity contribution >= 4 is 33.5 Å². The van der Waals surface area contributed by atoms with Crippen LogP contribution in [0.15, 0.2) is 53.0 Å². The maximum atomic E-state index is 12.1. The molecule has 3 heteroatoms. The first-order valence-corrected chi connectivity index (χ1v) is 7.03. The molecule has 0 spiro atoms. The summed E-state index contributed by atoms with van der Waals surface area (Å²) in [4.78, 5) is 12.1. The van der Waals surface area contributed by atoms with E-state index in [4.69, 9.17) is 4.74 Å². The van der Waals surface area contributed by atoms with Gasteiger partial charge in [0.05, 0.1) is 12.7 Å². The van der Waals surface area contributed by atoms with Crippen LogP contribution >= 0.6 is 15.9 Å². The van der Waals surface area contributed by atoms with Gasteiger partial charge in [-0.2, -0.15) is 0 Å². The summed E-state index contributed by atoms with van der Waals surface area (Å²) in [6, 6.07) is 15.5. The number of hydrogen-bond donors (Lipinski definition) is 0. The largest absolute Gasteiger partial charge is 0.465 e. The van der Waals surface area contributed by atoms with Crippen LogP contribution in [0.2, 0.25) is 0 Å². The summed E-state index contributed by atoms with van der Waals surface area (Å²) < 4.78 is 5.85. The van der Waals surface area contributed by atoms with Gasteiger partial charge < -0.3 is 4.74 Å². The number of hydrogen-bond acceptors (Lipinski definition) is 2. The van der Waals surface area contributed by atoms with Crippen molar-refractivity contribution in [2.75, 3.05) is 7.11 Å². The molecule has 0 bridgehead atoms. The molecule has 0 amide bonds. The minimum absolute atomic E-state index is 0.338. The Morgan fingerprint density at radius 1 is 1.10 bits per heavy atom. The van der Waals surface area contributed by atoms with Gasteiger partial charge in [0.25, 0.3) is 0 Å².